The molecule has 2 amide bonds. The van der Waals surface area contributed by atoms with E-state index in [1.807, 2.05) is 68.8 Å². The van der Waals surface area contributed by atoms with Crippen molar-refractivity contribution in [2.75, 3.05) is 24.3 Å². The predicted molar refractivity (Wildman–Crippen MR) is 145 cm³/mol. The van der Waals surface area contributed by atoms with Gasteiger partial charge in [-0.1, -0.05) is 60.1 Å². The van der Waals surface area contributed by atoms with Crippen LogP contribution in [0.4, 0.5) is 17.2 Å². The zero-order valence-corrected chi connectivity index (χ0v) is 20.6. The largest absolute Gasteiger partial charge is 0.306 e. The third kappa shape index (κ3) is 5.76. The average Bonchev–Trinajstić information content (AvgIpc) is 2.90. The van der Waals surface area contributed by atoms with E-state index in [0.29, 0.717) is 34.2 Å². The zero-order chi connectivity index (χ0) is 25.5. The maximum Gasteiger partial charge on any atom is 0.258 e. The van der Waals surface area contributed by atoms with Gasteiger partial charge in [0, 0.05) is 31.5 Å². The first-order valence-corrected chi connectivity index (χ1v) is 11.5. The number of aromatic nitrogens is 1. The lowest BCUT2D eigenvalue weighted by Gasteiger charge is -2.21. The van der Waals surface area contributed by atoms with Crippen LogP contribution in [0.3, 0.4) is 0 Å². The summed E-state index contributed by atoms with van der Waals surface area (Å²) in [6, 6.07) is 25.7. The van der Waals surface area contributed by atoms with Crippen LogP contribution in [0.25, 0.3) is 11.1 Å². The number of pyridine rings is 1. The fourth-order valence-electron chi connectivity index (χ4n) is 3.62. The third-order valence-corrected chi connectivity index (χ3v) is 5.55. The lowest BCUT2D eigenvalue weighted by Crippen LogP contribution is -2.20. The fourth-order valence-corrected chi connectivity index (χ4v) is 3.73. The molecule has 0 aliphatic rings. The molecule has 0 bridgehead atoms. The number of carbonyl (C=O) groups is 2. The number of hydrogen-bond donors (Lipinski definition) is 1. The molecule has 1 N–H and O–H groups in total. The van der Waals surface area contributed by atoms with E-state index in [1.54, 1.807) is 41.4 Å². The first-order chi connectivity index (χ1) is 17.5. The van der Waals surface area contributed by atoms with Crippen molar-refractivity contribution < 1.29 is 9.59 Å². The molecule has 1 aromatic heterocycles. The second kappa shape index (κ2) is 11.3. The van der Waals surface area contributed by atoms with E-state index in [4.69, 9.17) is 11.6 Å². The molecule has 180 valence electrons. The second-order valence-electron chi connectivity index (χ2n) is 8.03. The summed E-state index contributed by atoms with van der Waals surface area (Å²) in [6.07, 6.45) is 3.96. The highest BCUT2D eigenvalue weighted by Gasteiger charge is 2.18. The molecular weight excluding hydrogens is 474 g/mol. The van der Waals surface area contributed by atoms with Crippen molar-refractivity contribution in [2.45, 2.75) is 0 Å². The van der Waals surface area contributed by atoms with Gasteiger partial charge in [-0.2, -0.15) is 5.10 Å². The van der Waals surface area contributed by atoms with Crippen molar-refractivity contribution >= 4 is 47.3 Å². The molecular formula is C28H24ClN5O2. The summed E-state index contributed by atoms with van der Waals surface area (Å²) in [6.45, 7) is 0. The van der Waals surface area contributed by atoms with Gasteiger partial charge in [-0.25, -0.2) is 4.98 Å². The molecule has 4 rings (SSSR count). The van der Waals surface area contributed by atoms with Crippen LogP contribution in [-0.2, 0) is 4.79 Å². The van der Waals surface area contributed by atoms with Crippen molar-refractivity contribution in [2.24, 2.45) is 5.10 Å². The van der Waals surface area contributed by atoms with Crippen LogP contribution in [0, 0.1) is 0 Å². The Bertz CT molecular complexity index is 1390. The monoisotopic (exact) mass is 497 g/mol. The van der Waals surface area contributed by atoms with Crippen LogP contribution < -0.4 is 10.2 Å². The van der Waals surface area contributed by atoms with E-state index in [0.717, 1.165) is 16.7 Å². The van der Waals surface area contributed by atoms with Gasteiger partial charge in [0.05, 0.1) is 22.5 Å². The van der Waals surface area contributed by atoms with Crippen molar-refractivity contribution in [3.63, 3.8) is 0 Å². The van der Waals surface area contributed by atoms with E-state index >= 15 is 0 Å². The van der Waals surface area contributed by atoms with Crippen molar-refractivity contribution in [1.82, 2.24) is 9.99 Å². The smallest absolute Gasteiger partial charge is 0.258 e. The molecule has 0 fully saturated rings. The lowest BCUT2D eigenvalue weighted by atomic mass is 10.00. The molecule has 0 aliphatic heterocycles. The maximum absolute atomic E-state index is 13.0. The molecule has 0 saturated heterocycles. The molecule has 36 heavy (non-hydrogen) atoms. The van der Waals surface area contributed by atoms with E-state index in [9.17, 15) is 9.59 Å². The Kier molecular flexibility index (Phi) is 7.72. The van der Waals surface area contributed by atoms with E-state index in [2.05, 4.69) is 15.4 Å². The first-order valence-electron chi connectivity index (χ1n) is 11.1. The van der Waals surface area contributed by atoms with Crippen molar-refractivity contribution in [3.05, 3.63) is 107 Å². The van der Waals surface area contributed by atoms with Gasteiger partial charge < -0.3 is 10.3 Å². The molecule has 0 spiro atoms. The first kappa shape index (κ1) is 24.6. The molecule has 1 heterocycles. The van der Waals surface area contributed by atoms with Crippen LogP contribution >= 0.6 is 11.6 Å². The van der Waals surface area contributed by atoms with Crippen LogP contribution in [0.2, 0.25) is 5.02 Å². The summed E-state index contributed by atoms with van der Waals surface area (Å²) < 4.78 is 0. The van der Waals surface area contributed by atoms with Gasteiger partial charge in [0.2, 0.25) is 6.41 Å². The lowest BCUT2D eigenvalue weighted by molar-refractivity contribution is -0.106. The van der Waals surface area contributed by atoms with Gasteiger partial charge in [-0.05, 0) is 47.5 Å². The van der Waals surface area contributed by atoms with Crippen LogP contribution in [0.15, 0.2) is 96.2 Å². The summed E-state index contributed by atoms with van der Waals surface area (Å²) in [7, 11) is 3.73. The Morgan fingerprint density at radius 1 is 0.944 bits per heavy atom. The van der Waals surface area contributed by atoms with Gasteiger partial charge in [0.15, 0.2) is 0 Å². The number of hydrogen-bond acceptors (Lipinski definition) is 5. The van der Waals surface area contributed by atoms with E-state index in [-0.39, 0.29) is 0 Å². The zero-order valence-electron chi connectivity index (χ0n) is 19.8. The normalized spacial score (nSPS) is 10.8. The molecule has 0 unspecified atom stereocenters. The van der Waals surface area contributed by atoms with Crippen LogP contribution in [0.5, 0.6) is 0 Å². The van der Waals surface area contributed by atoms with E-state index in [1.165, 1.54) is 11.1 Å². The van der Waals surface area contributed by atoms with Gasteiger partial charge in [0.25, 0.3) is 5.91 Å². The van der Waals surface area contributed by atoms with E-state index < -0.39 is 5.91 Å². The van der Waals surface area contributed by atoms with Crippen molar-refractivity contribution in [3.8, 4) is 11.1 Å². The minimum Gasteiger partial charge on any atom is -0.306 e. The Labute approximate surface area is 214 Å². The number of rotatable bonds is 8. The number of carbonyl (C=O) groups excluding carboxylic acids is 2. The fraction of sp³-hybridized carbons (Fsp3) is 0.0714. The highest BCUT2D eigenvalue weighted by molar-refractivity contribution is 6.30. The summed E-state index contributed by atoms with van der Waals surface area (Å²) in [5.74, 6) is -0.0318. The summed E-state index contributed by atoms with van der Waals surface area (Å²) >= 11 is 5.88. The van der Waals surface area contributed by atoms with Crippen LogP contribution in [-0.4, -0.2) is 42.6 Å². The molecule has 0 atom stereocenters. The highest BCUT2D eigenvalue weighted by atomic mass is 35.5. The maximum atomic E-state index is 13.0. The Hall–Kier alpha value is -4.49. The topological polar surface area (TPSA) is 77.9 Å². The SMILES string of the molecule is CN(C)N=Cc1ccccc1-c1ccc(N(C=O)c2ccccc2C(=O)Nc2ccc(Cl)cn2)cc1. The highest BCUT2D eigenvalue weighted by Crippen LogP contribution is 2.31. The van der Waals surface area contributed by atoms with Gasteiger partial charge in [0.1, 0.15) is 5.82 Å². The number of nitrogens with one attached hydrogen (secondary N) is 1. The summed E-state index contributed by atoms with van der Waals surface area (Å²) in [4.78, 5) is 30.7. The standard InChI is InChI=1S/C28H24ClN5O2/c1-33(2)31-17-21-7-3-4-8-24(21)20-11-14-23(15-12-20)34(19-35)26-10-6-5-9-25(26)28(36)32-27-16-13-22(29)18-30-27/h3-19H,1-2H3,(H,30,32,36). The number of benzene rings is 3. The molecule has 4 aromatic rings. The number of para-hydroxylation sites is 1. The quantitative estimate of drug-likeness (QED) is 0.188. The van der Waals surface area contributed by atoms with Gasteiger partial charge in [-0.3, -0.25) is 14.5 Å². The molecule has 3 aromatic carbocycles. The number of hydrazone groups is 1. The number of amides is 2. The number of halogens is 1. The molecule has 7 nitrogen and oxygen atoms in total. The minimum absolute atomic E-state index is 0.329. The van der Waals surface area contributed by atoms with Crippen LogP contribution in [0.1, 0.15) is 15.9 Å². The number of anilines is 3. The van der Waals surface area contributed by atoms with Gasteiger partial charge in [-0.15, -0.1) is 0 Å². The van der Waals surface area contributed by atoms with Crippen molar-refractivity contribution in [1.29, 1.82) is 0 Å². The molecule has 0 saturated carbocycles. The number of nitrogens with zero attached hydrogens (tertiary/aromatic N) is 4. The summed E-state index contributed by atoms with van der Waals surface area (Å²) in [5.41, 5.74) is 4.37. The average molecular weight is 498 g/mol. The molecule has 8 heteroatoms. The summed E-state index contributed by atoms with van der Waals surface area (Å²) in [5, 5.41) is 9.29. The minimum atomic E-state index is -0.391. The molecule has 0 aliphatic carbocycles. The molecule has 0 radical (unpaired) electrons. The predicted octanol–water partition coefficient (Wildman–Crippen LogP) is 5.84. The Balaban J connectivity index is 1.62. The Morgan fingerprint density at radius 2 is 1.67 bits per heavy atom. The van der Waals surface area contributed by atoms with Gasteiger partial charge >= 0.3 is 0 Å². The third-order valence-electron chi connectivity index (χ3n) is 5.33. The second-order valence-corrected chi connectivity index (χ2v) is 8.47. The Morgan fingerprint density at radius 3 is 2.36 bits per heavy atom.